The van der Waals surface area contributed by atoms with E-state index in [0.29, 0.717) is 12.6 Å². The summed E-state index contributed by atoms with van der Waals surface area (Å²) in [5, 5.41) is 8.02. The van der Waals surface area contributed by atoms with Crippen molar-refractivity contribution in [2.24, 2.45) is 0 Å². The minimum absolute atomic E-state index is 0.0391. The molecule has 7 heteroatoms. The van der Waals surface area contributed by atoms with Crippen molar-refractivity contribution >= 4 is 5.82 Å². The molecule has 2 aliphatic rings. The fourth-order valence-corrected chi connectivity index (χ4v) is 4.11. The summed E-state index contributed by atoms with van der Waals surface area (Å²) in [6, 6.07) is 2.24. The lowest BCUT2D eigenvalue weighted by atomic mass is 10.0. The van der Waals surface area contributed by atoms with Crippen molar-refractivity contribution < 1.29 is 0 Å². The Morgan fingerprint density at radius 2 is 2.07 bits per heavy atom. The van der Waals surface area contributed by atoms with Gasteiger partial charge >= 0.3 is 0 Å². The average molecular weight is 368 g/mol. The van der Waals surface area contributed by atoms with E-state index in [0.717, 1.165) is 61.7 Å². The first-order valence-electron chi connectivity index (χ1n) is 10.1. The maximum absolute atomic E-state index is 12.3. The first-order chi connectivity index (χ1) is 13.2. The van der Waals surface area contributed by atoms with E-state index in [2.05, 4.69) is 25.3 Å². The van der Waals surface area contributed by atoms with Crippen LogP contribution in [0.4, 0.5) is 5.82 Å². The molecule has 1 atom stereocenters. The second-order valence-corrected chi connectivity index (χ2v) is 7.64. The number of nitrogens with zero attached hydrogens (tertiary/aromatic N) is 5. The summed E-state index contributed by atoms with van der Waals surface area (Å²) in [6.07, 6.45) is 10.3. The molecule has 27 heavy (non-hydrogen) atoms. The van der Waals surface area contributed by atoms with E-state index in [1.807, 2.05) is 6.92 Å². The molecular formula is C20H28N6O. The van der Waals surface area contributed by atoms with Crippen LogP contribution >= 0.6 is 0 Å². The van der Waals surface area contributed by atoms with Gasteiger partial charge in [-0.25, -0.2) is 9.67 Å². The maximum Gasteiger partial charge on any atom is 0.267 e. The van der Waals surface area contributed by atoms with E-state index in [1.54, 1.807) is 23.1 Å². The fourth-order valence-electron chi connectivity index (χ4n) is 4.11. The zero-order valence-electron chi connectivity index (χ0n) is 16.0. The first-order valence-corrected chi connectivity index (χ1v) is 10.1. The molecule has 2 aromatic rings. The highest BCUT2D eigenvalue weighted by molar-refractivity contribution is 5.31. The summed E-state index contributed by atoms with van der Waals surface area (Å²) < 4.78 is 1.66. The quantitative estimate of drug-likeness (QED) is 0.838. The Labute approximate surface area is 159 Å². The molecule has 1 saturated heterocycles. The summed E-state index contributed by atoms with van der Waals surface area (Å²) >= 11 is 0. The highest BCUT2D eigenvalue weighted by Crippen LogP contribution is 2.19. The lowest BCUT2D eigenvalue weighted by Crippen LogP contribution is -2.45. The number of fused-ring (bicyclic) bond motifs is 1. The molecule has 4 rings (SSSR count). The van der Waals surface area contributed by atoms with Gasteiger partial charge in [-0.2, -0.15) is 5.10 Å². The van der Waals surface area contributed by atoms with Gasteiger partial charge in [0.25, 0.3) is 5.56 Å². The van der Waals surface area contributed by atoms with Gasteiger partial charge in [0.15, 0.2) is 0 Å². The van der Waals surface area contributed by atoms with Gasteiger partial charge in [-0.15, -0.1) is 0 Å². The van der Waals surface area contributed by atoms with Crippen LogP contribution in [0.3, 0.4) is 0 Å². The number of anilines is 1. The van der Waals surface area contributed by atoms with Crippen LogP contribution in [-0.2, 0) is 19.4 Å². The second kappa shape index (κ2) is 8.17. The Balaban J connectivity index is 1.36. The zero-order chi connectivity index (χ0) is 18.6. The van der Waals surface area contributed by atoms with Crippen molar-refractivity contribution in [1.29, 1.82) is 0 Å². The molecule has 2 aromatic heterocycles. The van der Waals surface area contributed by atoms with E-state index in [1.165, 1.54) is 19.3 Å². The first kappa shape index (κ1) is 18.1. The molecule has 7 nitrogen and oxygen atoms in total. The normalized spacial score (nSPS) is 19.8. The Morgan fingerprint density at radius 1 is 1.15 bits per heavy atom. The number of hydrogen-bond donors (Lipinski definition) is 1. The number of nitrogens with one attached hydrogen (secondary N) is 1. The summed E-state index contributed by atoms with van der Waals surface area (Å²) in [6.45, 7) is 5.38. The lowest BCUT2D eigenvalue weighted by Gasteiger charge is -2.35. The number of rotatable bonds is 6. The summed E-state index contributed by atoms with van der Waals surface area (Å²) in [7, 11) is 0. The van der Waals surface area contributed by atoms with Crippen molar-refractivity contribution in [3.63, 3.8) is 0 Å². The van der Waals surface area contributed by atoms with Crippen molar-refractivity contribution in [2.75, 3.05) is 25.0 Å². The highest BCUT2D eigenvalue weighted by atomic mass is 16.1. The molecule has 1 fully saturated rings. The predicted octanol–water partition coefficient (Wildman–Crippen LogP) is 1.80. The van der Waals surface area contributed by atoms with Gasteiger partial charge in [-0.1, -0.05) is 6.42 Å². The van der Waals surface area contributed by atoms with Crippen molar-refractivity contribution in [3.05, 3.63) is 45.8 Å². The van der Waals surface area contributed by atoms with E-state index in [9.17, 15) is 4.79 Å². The van der Waals surface area contributed by atoms with Crippen LogP contribution in [0.25, 0.3) is 0 Å². The average Bonchev–Trinajstić information content (AvgIpc) is 3.13. The van der Waals surface area contributed by atoms with Crippen LogP contribution in [0.2, 0.25) is 0 Å². The third-order valence-electron chi connectivity index (χ3n) is 5.67. The van der Waals surface area contributed by atoms with Crippen LogP contribution < -0.4 is 10.9 Å². The molecule has 0 radical (unpaired) electrons. The highest BCUT2D eigenvalue weighted by Gasteiger charge is 2.23. The van der Waals surface area contributed by atoms with Crippen molar-refractivity contribution in [3.8, 4) is 0 Å². The molecule has 0 saturated carbocycles. The smallest absolute Gasteiger partial charge is 0.267 e. The number of hydrogen-bond acceptors (Lipinski definition) is 6. The monoisotopic (exact) mass is 368 g/mol. The number of aromatic nitrogens is 4. The Morgan fingerprint density at radius 3 is 2.93 bits per heavy atom. The van der Waals surface area contributed by atoms with Gasteiger partial charge in [0.05, 0.1) is 30.3 Å². The summed E-state index contributed by atoms with van der Waals surface area (Å²) in [5.41, 5.74) is 3.23. The molecule has 1 aliphatic heterocycles. The molecule has 1 unspecified atom stereocenters. The van der Waals surface area contributed by atoms with Gasteiger partial charge in [0.1, 0.15) is 5.82 Å². The maximum atomic E-state index is 12.3. The molecule has 0 bridgehead atoms. The molecule has 144 valence electrons. The summed E-state index contributed by atoms with van der Waals surface area (Å²) in [4.78, 5) is 23.5. The van der Waals surface area contributed by atoms with E-state index >= 15 is 0 Å². The van der Waals surface area contributed by atoms with Crippen molar-refractivity contribution in [1.82, 2.24) is 24.6 Å². The molecule has 3 heterocycles. The second-order valence-electron chi connectivity index (χ2n) is 7.64. The molecule has 0 amide bonds. The molecule has 1 aliphatic carbocycles. The number of piperidine rings is 1. The summed E-state index contributed by atoms with van der Waals surface area (Å²) in [5.74, 6) is 0.822. The van der Waals surface area contributed by atoms with Gasteiger partial charge in [-0.05, 0) is 51.1 Å². The Bertz CT molecular complexity index is 831. The standard InChI is InChI=1S/C20H28N6O/c1-15-12-22-19(14-21-15)23-13-17-6-2-3-8-25(17)9-10-26-20(27)11-16-5-4-7-18(16)24-26/h11-12,14,17H,2-10,13H2,1H3,(H,22,23). The van der Waals surface area contributed by atoms with Gasteiger partial charge in [-0.3, -0.25) is 14.7 Å². The van der Waals surface area contributed by atoms with Crippen LogP contribution in [-0.4, -0.2) is 50.3 Å². The van der Waals surface area contributed by atoms with Gasteiger partial charge in [0.2, 0.25) is 0 Å². The number of likely N-dealkylation sites (tertiary alicyclic amines) is 1. The van der Waals surface area contributed by atoms with E-state index < -0.39 is 0 Å². The fraction of sp³-hybridized carbons (Fsp3) is 0.600. The molecule has 0 aromatic carbocycles. The minimum atomic E-state index is 0.0391. The van der Waals surface area contributed by atoms with E-state index in [4.69, 9.17) is 0 Å². The van der Waals surface area contributed by atoms with Crippen molar-refractivity contribution in [2.45, 2.75) is 58.0 Å². The third kappa shape index (κ3) is 4.35. The zero-order valence-corrected chi connectivity index (χ0v) is 16.0. The third-order valence-corrected chi connectivity index (χ3v) is 5.67. The van der Waals surface area contributed by atoms with Crippen LogP contribution in [0.1, 0.15) is 42.6 Å². The minimum Gasteiger partial charge on any atom is -0.367 e. The molecule has 0 spiro atoms. The van der Waals surface area contributed by atoms with E-state index in [-0.39, 0.29) is 5.56 Å². The number of aryl methyl sites for hydroxylation is 3. The van der Waals surface area contributed by atoms with Crippen LogP contribution in [0, 0.1) is 6.92 Å². The van der Waals surface area contributed by atoms with Crippen LogP contribution in [0.5, 0.6) is 0 Å². The lowest BCUT2D eigenvalue weighted by molar-refractivity contribution is 0.148. The van der Waals surface area contributed by atoms with Crippen LogP contribution in [0.15, 0.2) is 23.3 Å². The van der Waals surface area contributed by atoms with Gasteiger partial charge < -0.3 is 5.32 Å². The topological polar surface area (TPSA) is 75.9 Å². The predicted molar refractivity (Wildman–Crippen MR) is 105 cm³/mol. The van der Waals surface area contributed by atoms with Gasteiger partial charge in [0, 0.05) is 25.2 Å². The largest absolute Gasteiger partial charge is 0.367 e. The molecule has 1 N–H and O–H groups in total. The molecular weight excluding hydrogens is 340 g/mol. The SMILES string of the molecule is Cc1cnc(NCC2CCCCN2CCn2nc3c(cc2=O)CCC3)cn1. The Hall–Kier alpha value is -2.28. The Kier molecular flexibility index (Phi) is 5.48.